The predicted molar refractivity (Wildman–Crippen MR) is 102 cm³/mol. The molecule has 3 aliphatic carbocycles. The molecule has 2 N–H and O–H groups in total. The molecule has 7 heteroatoms. The Morgan fingerprint density at radius 1 is 1.24 bits per heavy atom. The van der Waals surface area contributed by atoms with Crippen molar-refractivity contribution in [2.24, 2.45) is 40.4 Å². The third-order valence-electron chi connectivity index (χ3n) is 9.07. The summed E-state index contributed by atoms with van der Waals surface area (Å²) in [5.41, 5.74) is -2.53. The summed E-state index contributed by atoms with van der Waals surface area (Å²) < 4.78 is 0. The maximum atomic E-state index is 14.3. The largest absolute Gasteiger partial charge is 0.394 e. The first-order valence-corrected chi connectivity index (χ1v) is 10.8. The van der Waals surface area contributed by atoms with Crippen molar-refractivity contribution in [3.63, 3.8) is 0 Å². The molecule has 7 nitrogen and oxygen atoms in total. The Bertz CT molecular complexity index is 798. The van der Waals surface area contributed by atoms with Gasteiger partial charge in [-0.25, -0.2) is 4.89 Å². The minimum Gasteiger partial charge on any atom is -0.394 e. The van der Waals surface area contributed by atoms with Gasteiger partial charge in [-0.05, 0) is 43.4 Å². The third kappa shape index (κ3) is 1.94. The first kappa shape index (κ1) is 19.7. The van der Waals surface area contributed by atoms with Crippen molar-refractivity contribution < 1.29 is 29.6 Å². The van der Waals surface area contributed by atoms with Gasteiger partial charge in [0.05, 0.1) is 12.7 Å². The van der Waals surface area contributed by atoms with Crippen molar-refractivity contribution in [2.45, 2.75) is 58.0 Å². The molecular weight excluding hydrogens is 374 g/mol. The quantitative estimate of drug-likeness (QED) is 0.388. The van der Waals surface area contributed by atoms with Crippen molar-refractivity contribution in [1.29, 1.82) is 0 Å². The lowest BCUT2D eigenvalue weighted by molar-refractivity contribution is -0.492. The maximum Gasteiger partial charge on any atom is 0.244 e. The molecule has 1 unspecified atom stereocenters. The Balaban J connectivity index is 1.72. The molecule has 0 bridgehead atoms. The zero-order valence-corrected chi connectivity index (χ0v) is 17.5. The van der Waals surface area contributed by atoms with Crippen molar-refractivity contribution in [2.75, 3.05) is 13.7 Å². The number of carbonyl (C=O) groups is 2. The summed E-state index contributed by atoms with van der Waals surface area (Å²) >= 11 is 0. The van der Waals surface area contributed by atoms with E-state index >= 15 is 0 Å². The highest BCUT2D eigenvalue weighted by atomic mass is 17.2. The number of likely N-dealkylation sites (N-methyl/N-ethyl adjacent to an activating group) is 1. The summed E-state index contributed by atoms with van der Waals surface area (Å²) in [7, 11) is 1.51. The standard InChI is InChI=1S/C22H31NO6/c1-11-5-7-14-13(9-11)6-8-15-17-12(2)28-29-22(27)16(10-24)23(4)19(26)21(17,22)18(25)20(14,15)3/h6,8,11-17,24,27H,5,7,9-10H2,1-4H3/t11-,12+,13?,14-,15+,16+,17+,20+,21+,22+/m1/s1. The van der Waals surface area contributed by atoms with E-state index in [4.69, 9.17) is 9.78 Å². The summed E-state index contributed by atoms with van der Waals surface area (Å²) in [6.07, 6.45) is 6.81. The van der Waals surface area contributed by atoms with E-state index in [1.54, 1.807) is 6.92 Å². The number of aliphatic hydroxyl groups excluding tert-OH is 1. The molecule has 0 aromatic heterocycles. The molecule has 160 valence electrons. The van der Waals surface area contributed by atoms with Crippen LogP contribution in [0.2, 0.25) is 0 Å². The van der Waals surface area contributed by atoms with Crippen LogP contribution in [-0.4, -0.2) is 58.4 Å². The van der Waals surface area contributed by atoms with Crippen LogP contribution in [0, 0.1) is 40.4 Å². The molecule has 2 heterocycles. The van der Waals surface area contributed by atoms with Gasteiger partial charge in [0.2, 0.25) is 11.7 Å². The number of likely N-dealkylation sites (tertiary alicyclic amines) is 1. The number of hydrogen-bond donors (Lipinski definition) is 2. The Morgan fingerprint density at radius 3 is 2.66 bits per heavy atom. The van der Waals surface area contributed by atoms with Crippen LogP contribution in [-0.2, 0) is 19.4 Å². The second-order valence-electron chi connectivity index (χ2n) is 10.2. The van der Waals surface area contributed by atoms with E-state index in [0.29, 0.717) is 11.8 Å². The summed E-state index contributed by atoms with van der Waals surface area (Å²) in [4.78, 5) is 40.2. The molecule has 5 aliphatic rings. The molecule has 4 fully saturated rings. The smallest absolute Gasteiger partial charge is 0.244 e. The average molecular weight is 405 g/mol. The molecule has 2 saturated heterocycles. The average Bonchev–Trinajstić information content (AvgIpc) is 3.01. The molecule has 0 radical (unpaired) electrons. The van der Waals surface area contributed by atoms with Gasteiger partial charge in [-0.1, -0.05) is 32.4 Å². The zero-order valence-electron chi connectivity index (χ0n) is 17.5. The van der Waals surface area contributed by atoms with Gasteiger partial charge in [0.25, 0.3) is 0 Å². The Labute approximate surface area is 171 Å². The van der Waals surface area contributed by atoms with Gasteiger partial charge in [0, 0.05) is 18.4 Å². The van der Waals surface area contributed by atoms with E-state index in [0.717, 1.165) is 19.3 Å². The van der Waals surface area contributed by atoms with Crippen molar-refractivity contribution in [1.82, 2.24) is 4.90 Å². The summed E-state index contributed by atoms with van der Waals surface area (Å²) in [5, 5.41) is 21.6. The highest BCUT2D eigenvalue weighted by molar-refractivity contribution is 6.14. The van der Waals surface area contributed by atoms with E-state index in [2.05, 4.69) is 19.1 Å². The van der Waals surface area contributed by atoms with Gasteiger partial charge in [-0.15, -0.1) is 0 Å². The van der Waals surface area contributed by atoms with Crippen molar-refractivity contribution >= 4 is 11.7 Å². The molecule has 1 amide bonds. The minimum atomic E-state index is -2.20. The molecule has 0 aromatic rings. The lowest BCUT2D eigenvalue weighted by Gasteiger charge is -2.48. The van der Waals surface area contributed by atoms with Gasteiger partial charge in [0.1, 0.15) is 6.04 Å². The Morgan fingerprint density at radius 2 is 1.97 bits per heavy atom. The van der Waals surface area contributed by atoms with E-state index in [-0.39, 0.29) is 17.6 Å². The molecule has 2 aliphatic heterocycles. The molecule has 5 rings (SSSR count). The van der Waals surface area contributed by atoms with Gasteiger partial charge < -0.3 is 15.1 Å². The first-order chi connectivity index (χ1) is 13.7. The van der Waals surface area contributed by atoms with E-state index in [1.165, 1.54) is 11.9 Å². The minimum absolute atomic E-state index is 0.129. The number of hydrogen-bond acceptors (Lipinski definition) is 6. The highest BCUT2D eigenvalue weighted by Gasteiger charge is 2.86. The molecule has 0 aromatic carbocycles. The maximum absolute atomic E-state index is 14.3. The zero-order chi connectivity index (χ0) is 20.9. The molecule has 1 spiro atoms. The summed E-state index contributed by atoms with van der Waals surface area (Å²) in [6.45, 7) is 5.51. The number of fused-ring (bicyclic) bond motifs is 4. The fourth-order valence-electron chi connectivity index (χ4n) is 7.71. The van der Waals surface area contributed by atoms with Gasteiger partial charge in [-0.2, -0.15) is 4.89 Å². The van der Waals surface area contributed by atoms with E-state index < -0.39 is 47.2 Å². The van der Waals surface area contributed by atoms with Crippen molar-refractivity contribution in [3.8, 4) is 0 Å². The molecule has 29 heavy (non-hydrogen) atoms. The second kappa shape index (κ2) is 5.90. The van der Waals surface area contributed by atoms with Crippen LogP contribution in [0.25, 0.3) is 0 Å². The number of Topliss-reactive ketones (excluding diaryl/α,β-unsaturated/α-hetero) is 1. The number of rotatable bonds is 1. The lowest BCUT2D eigenvalue weighted by atomic mass is 9.55. The van der Waals surface area contributed by atoms with Gasteiger partial charge in [0.15, 0.2) is 11.2 Å². The Kier molecular flexibility index (Phi) is 4.00. The SMILES string of the molecule is C[C@@H]1CC[C@@H]2C(C=C[C@H]3[C@@H]4[C@H](C)OO[C@@]5(O)[C@H](CO)N(C)C(=O)[C@@]45C(=O)[C@@]23C)C1. The normalized spacial score (nSPS) is 56.1. The number of nitrogens with zero attached hydrogens (tertiary/aromatic N) is 1. The number of ketones is 1. The number of allylic oxidation sites excluding steroid dienone is 2. The topological polar surface area (TPSA) is 96.3 Å². The van der Waals surface area contributed by atoms with Crippen LogP contribution in [0.15, 0.2) is 12.2 Å². The molecular formula is C22H31NO6. The van der Waals surface area contributed by atoms with Crippen molar-refractivity contribution in [3.05, 3.63) is 12.2 Å². The summed E-state index contributed by atoms with van der Waals surface area (Å²) in [5.74, 6) is -2.62. The van der Waals surface area contributed by atoms with Crippen LogP contribution in [0.5, 0.6) is 0 Å². The van der Waals surface area contributed by atoms with Crippen LogP contribution >= 0.6 is 0 Å². The fourth-order valence-corrected chi connectivity index (χ4v) is 7.71. The first-order valence-electron chi connectivity index (χ1n) is 10.8. The van der Waals surface area contributed by atoms with Crippen LogP contribution in [0.3, 0.4) is 0 Å². The fraction of sp³-hybridized carbons (Fsp3) is 0.818. The molecule has 10 atom stereocenters. The van der Waals surface area contributed by atoms with Crippen LogP contribution in [0.1, 0.15) is 40.0 Å². The summed E-state index contributed by atoms with van der Waals surface area (Å²) in [6, 6.07) is -1.05. The Hall–Kier alpha value is -1.28. The number of amides is 1. The monoisotopic (exact) mass is 405 g/mol. The van der Waals surface area contributed by atoms with E-state index in [9.17, 15) is 19.8 Å². The number of carbonyl (C=O) groups excluding carboxylic acids is 2. The molecule has 2 saturated carbocycles. The van der Waals surface area contributed by atoms with E-state index in [1.807, 2.05) is 6.92 Å². The van der Waals surface area contributed by atoms with Gasteiger partial charge in [-0.3, -0.25) is 9.59 Å². The van der Waals surface area contributed by atoms with Gasteiger partial charge >= 0.3 is 0 Å². The highest BCUT2D eigenvalue weighted by Crippen LogP contribution is 2.71. The second-order valence-corrected chi connectivity index (χ2v) is 10.2. The van der Waals surface area contributed by atoms with Crippen LogP contribution < -0.4 is 0 Å². The van der Waals surface area contributed by atoms with Crippen LogP contribution in [0.4, 0.5) is 0 Å². The predicted octanol–water partition coefficient (Wildman–Crippen LogP) is 1.29. The number of aliphatic hydroxyl groups is 2. The third-order valence-corrected chi connectivity index (χ3v) is 9.07. The lowest BCUT2D eigenvalue weighted by Crippen LogP contribution is -2.66.